The largest absolute Gasteiger partial charge is 0.443 e. The summed E-state index contributed by atoms with van der Waals surface area (Å²) in [5.41, 5.74) is 1.68. The number of carbonyl (C=O) groups excluding carboxylic acids is 1. The van der Waals surface area contributed by atoms with Crippen molar-refractivity contribution in [2.24, 2.45) is 0 Å². The van der Waals surface area contributed by atoms with E-state index in [2.05, 4.69) is 5.10 Å². The van der Waals surface area contributed by atoms with Crippen molar-refractivity contribution in [1.82, 2.24) is 9.78 Å². The summed E-state index contributed by atoms with van der Waals surface area (Å²) in [7, 11) is 0. The molecule has 0 N–H and O–H groups in total. The molecule has 0 atom stereocenters. The third kappa shape index (κ3) is 3.30. The number of hydrogen-bond donors (Lipinski definition) is 0. The first-order valence-electron chi connectivity index (χ1n) is 7.14. The Morgan fingerprint density at radius 3 is 2.58 bits per heavy atom. The number of para-hydroxylation sites is 1. The molecule has 1 aromatic heterocycles. The highest BCUT2D eigenvalue weighted by molar-refractivity contribution is 5.76. The standard InChI is InChI=1S/C17H13N3O4/c21-17(24-12-13-6-2-1-3-7-13)19-11-14(10-18-19)15-8-4-5-9-16(15)20(22)23/h1-11H,12H2. The normalized spacial score (nSPS) is 10.3. The maximum Gasteiger partial charge on any atom is 0.435 e. The molecule has 0 unspecified atom stereocenters. The van der Waals surface area contributed by atoms with E-state index in [4.69, 9.17) is 4.74 Å². The molecule has 3 aromatic rings. The average Bonchev–Trinajstić information content (AvgIpc) is 3.10. The first-order chi connectivity index (χ1) is 11.6. The van der Waals surface area contributed by atoms with E-state index in [1.165, 1.54) is 18.5 Å². The summed E-state index contributed by atoms with van der Waals surface area (Å²) in [4.78, 5) is 22.6. The molecule has 3 rings (SSSR count). The van der Waals surface area contributed by atoms with Crippen LogP contribution in [0.4, 0.5) is 10.5 Å². The number of nitro benzene ring substituents is 1. The van der Waals surface area contributed by atoms with Crippen molar-refractivity contribution in [2.45, 2.75) is 6.61 Å². The fraction of sp³-hybridized carbons (Fsp3) is 0.0588. The van der Waals surface area contributed by atoms with Gasteiger partial charge in [-0.25, -0.2) is 4.79 Å². The van der Waals surface area contributed by atoms with Crippen molar-refractivity contribution in [3.05, 3.63) is 82.7 Å². The number of nitro groups is 1. The summed E-state index contributed by atoms with van der Waals surface area (Å²) in [6, 6.07) is 15.5. The molecule has 0 bridgehead atoms. The lowest BCUT2D eigenvalue weighted by atomic mass is 10.1. The Morgan fingerprint density at radius 2 is 1.83 bits per heavy atom. The SMILES string of the molecule is O=C(OCc1ccccc1)n1cc(-c2ccccc2[N+](=O)[O-])cn1. The summed E-state index contributed by atoms with van der Waals surface area (Å²) in [6.07, 6.45) is 2.16. The molecule has 0 aliphatic heterocycles. The predicted molar refractivity (Wildman–Crippen MR) is 86.3 cm³/mol. The van der Waals surface area contributed by atoms with Gasteiger partial charge >= 0.3 is 6.09 Å². The third-order valence-corrected chi connectivity index (χ3v) is 3.39. The molecule has 0 spiro atoms. The van der Waals surface area contributed by atoms with Crippen molar-refractivity contribution >= 4 is 11.8 Å². The van der Waals surface area contributed by atoms with Crippen LogP contribution in [-0.4, -0.2) is 20.8 Å². The molecule has 0 aliphatic carbocycles. The lowest BCUT2D eigenvalue weighted by molar-refractivity contribution is -0.384. The highest BCUT2D eigenvalue weighted by atomic mass is 16.6. The van der Waals surface area contributed by atoms with Crippen LogP contribution in [0.5, 0.6) is 0 Å². The van der Waals surface area contributed by atoms with Gasteiger partial charge in [-0.2, -0.15) is 9.78 Å². The Hall–Kier alpha value is -3.48. The molecule has 24 heavy (non-hydrogen) atoms. The average molecular weight is 323 g/mol. The fourth-order valence-corrected chi connectivity index (χ4v) is 2.22. The van der Waals surface area contributed by atoms with E-state index in [9.17, 15) is 14.9 Å². The van der Waals surface area contributed by atoms with Crippen LogP contribution in [0.3, 0.4) is 0 Å². The molecule has 0 fully saturated rings. The number of benzene rings is 2. The number of ether oxygens (including phenoxy) is 1. The molecule has 0 amide bonds. The smallest absolute Gasteiger partial charge is 0.435 e. The summed E-state index contributed by atoms with van der Waals surface area (Å²) in [6.45, 7) is 0.125. The summed E-state index contributed by atoms with van der Waals surface area (Å²) >= 11 is 0. The minimum Gasteiger partial charge on any atom is -0.443 e. The number of hydrogen-bond acceptors (Lipinski definition) is 5. The molecule has 0 saturated carbocycles. The van der Waals surface area contributed by atoms with Crippen LogP contribution in [-0.2, 0) is 11.3 Å². The number of carbonyl (C=O) groups is 1. The second-order valence-electron chi connectivity index (χ2n) is 4.99. The molecule has 0 saturated heterocycles. The van der Waals surface area contributed by atoms with Gasteiger partial charge in [0, 0.05) is 17.8 Å². The van der Waals surface area contributed by atoms with E-state index in [0.717, 1.165) is 10.2 Å². The molecule has 0 aliphatic rings. The second kappa shape index (κ2) is 6.74. The Labute approximate surface area is 137 Å². The quantitative estimate of drug-likeness (QED) is 0.540. The Bertz CT molecular complexity index is 874. The summed E-state index contributed by atoms with van der Waals surface area (Å²) < 4.78 is 6.19. The lowest BCUT2D eigenvalue weighted by Gasteiger charge is -2.04. The molecule has 1 heterocycles. The molecule has 7 nitrogen and oxygen atoms in total. The van der Waals surface area contributed by atoms with Crippen molar-refractivity contribution in [1.29, 1.82) is 0 Å². The molecule has 0 radical (unpaired) electrons. The number of aromatic nitrogens is 2. The number of nitrogens with zero attached hydrogens (tertiary/aromatic N) is 3. The van der Waals surface area contributed by atoms with E-state index in [0.29, 0.717) is 11.1 Å². The third-order valence-electron chi connectivity index (χ3n) is 3.39. The Kier molecular flexibility index (Phi) is 4.33. The first-order valence-corrected chi connectivity index (χ1v) is 7.14. The van der Waals surface area contributed by atoms with Crippen LogP contribution in [0.2, 0.25) is 0 Å². The van der Waals surface area contributed by atoms with E-state index >= 15 is 0 Å². The summed E-state index contributed by atoms with van der Waals surface area (Å²) in [5.74, 6) is 0. The van der Waals surface area contributed by atoms with Gasteiger partial charge in [0.1, 0.15) is 6.61 Å². The predicted octanol–water partition coefficient (Wildman–Crippen LogP) is 3.64. The molecule has 2 aromatic carbocycles. The van der Waals surface area contributed by atoms with Crippen LogP contribution in [0.25, 0.3) is 11.1 Å². The van der Waals surface area contributed by atoms with E-state index < -0.39 is 11.0 Å². The van der Waals surface area contributed by atoms with Crippen molar-refractivity contribution < 1.29 is 14.5 Å². The molecule has 7 heteroatoms. The minimum atomic E-state index is -0.649. The fourth-order valence-electron chi connectivity index (χ4n) is 2.22. The van der Waals surface area contributed by atoms with Gasteiger partial charge in [0.15, 0.2) is 0 Å². The van der Waals surface area contributed by atoms with Gasteiger partial charge in [-0.15, -0.1) is 0 Å². The van der Waals surface area contributed by atoms with Gasteiger partial charge in [0.2, 0.25) is 0 Å². The highest BCUT2D eigenvalue weighted by Gasteiger charge is 2.17. The van der Waals surface area contributed by atoms with Crippen LogP contribution >= 0.6 is 0 Å². The zero-order chi connectivity index (χ0) is 16.9. The highest BCUT2D eigenvalue weighted by Crippen LogP contribution is 2.28. The van der Waals surface area contributed by atoms with Gasteiger partial charge in [-0.3, -0.25) is 10.1 Å². The van der Waals surface area contributed by atoms with Gasteiger partial charge in [-0.05, 0) is 11.6 Å². The van der Waals surface area contributed by atoms with Crippen molar-refractivity contribution in [3.63, 3.8) is 0 Å². The van der Waals surface area contributed by atoms with E-state index in [1.807, 2.05) is 30.3 Å². The van der Waals surface area contributed by atoms with Gasteiger partial charge < -0.3 is 4.74 Å². The van der Waals surface area contributed by atoms with Crippen molar-refractivity contribution in [3.8, 4) is 11.1 Å². The topological polar surface area (TPSA) is 87.3 Å². The van der Waals surface area contributed by atoms with Crippen LogP contribution < -0.4 is 0 Å². The maximum absolute atomic E-state index is 12.0. The minimum absolute atomic E-state index is 0.0466. The zero-order valence-corrected chi connectivity index (χ0v) is 12.5. The monoisotopic (exact) mass is 323 g/mol. The van der Waals surface area contributed by atoms with Crippen LogP contribution in [0, 0.1) is 10.1 Å². The van der Waals surface area contributed by atoms with Gasteiger partial charge in [0.25, 0.3) is 5.69 Å². The molecular formula is C17H13N3O4. The van der Waals surface area contributed by atoms with Crippen LogP contribution in [0.1, 0.15) is 5.56 Å². The number of rotatable bonds is 4. The van der Waals surface area contributed by atoms with Gasteiger partial charge in [0.05, 0.1) is 16.7 Å². The first kappa shape index (κ1) is 15.4. The lowest BCUT2D eigenvalue weighted by Crippen LogP contribution is -2.13. The summed E-state index contributed by atoms with van der Waals surface area (Å²) in [5, 5.41) is 15.0. The molecular weight excluding hydrogens is 310 g/mol. The zero-order valence-electron chi connectivity index (χ0n) is 12.5. The molecule has 120 valence electrons. The van der Waals surface area contributed by atoms with E-state index in [1.54, 1.807) is 18.2 Å². The van der Waals surface area contributed by atoms with Gasteiger partial charge in [-0.1, -0.05) is 42.5 Å². The van der Waals surface area contributed by atoms with Crippen LogP contribution in [0.15, 0.2) is 67.0 Å². The maximum atomic E-state index is 12.0. The Morgan fingerprint density at radius 1 is 1.12 bits per heavy atom. The van der Waals surface area contributed by atoms with Crippen molar-refractivity contribution in [2.75, 3.05) is 0 Å². The van der Waals surface area contributed by atoms with E-state index in [-0.39, 0.29) is 12.3 Å². The Balaban J connectivity index is 1.76. The second-order valence-corrected chi connectivity index (χ2v) is 4.99.